The fourth-order valence-electron chi connectivity index (χ4n) is 3.34. The van der Waals surface area contributed by atoms with Gasteiger partial charge in [0.2, 0.25) is 0 Å². The van der Waals surface area contributed by atoms with Gasteiger partial charge in [0.15, 0.2) is 5.78 Å². The van der Waals surface area contributed by atoms with Crippen molar-refractivity contribution in [3.05, 3.63) is 53.9 Å². The van der Waals surface area contributed by atoms with Gasteiger partial charge in [0.25, 0.3) is 5.91 Å². The molecule has 0 aliphatic carbocycles. The van der Waals surface area contributed by atoms with Crippen molar-refractivity contribution >= 4 is 28.4 Å². The molecule has 0 saturated carbocycles. The number of aliphatic hydroxyl groups is 1. The molecule has 3 aromatic rings. The van der Waals surface area contributed by atoms with Crippen molar-refractivity contribution in [3.8, 4) is 5.75 Å². The van der Waals surface area contributed by atoms with E-state index in [-0.39, 0.29) is 18.3 Å². The van der Waals surface area contributed by atoms with Crippen molar-refractivity contribution in [2.45, 2.75) is 20.8 Å². The van der Waals surface area contributed by atoms with E-state index in [9.17, 15) is 9.59 Å². The molecule has 0 saturated heterocycles. The number of pyridine rings is 1. The molecule has 0 aliphatic rings. The number of fused-ring (bicyclic) bond motifs is 1. The third-order valence-electron chi connectivity index (χ3n) is 5.25. The summed E-state index contributed by atoms with van der Waals surface area (Å²) in [5, 5.41) is 12.2. The Morgan fingerprint density at radius 2 is 1.54 bits per heavy atom. The molecule has 37 heavy (non-hydrogen) atoms. The summed E-state index contributed by atoms with van der Waals surface area (Å²) in [6.45, 7) is 8.48. The molecule has 0 spiro atoms. The summed E-state index contributed by atoms with van der Waals surface area (Å²) in [6, 6.07) is 10.3. The fourth-order valence-corrected chi connectivity index (χ4v) is 3.34. The van der Waals surface area contributed by atoms with Crippen molar-refractivity contribution in [2.24, 2.45) is 5.41 Å². The lowest BCUT2D eigenvalue weighted by Crippen LogP contribution is -2.20. The van der Waals surface area contributed by atoms with Crippen LogP contribution in [0.15, 0.2) is 42.6 Å². The van der Waals surface area contributed by atoms with Gasteiger partial charge in [-0.2, -0.15) is 0 Å². The molecule has 3 rings (SSSR count). The SMILES string of the molecule is CC(C)(C)C(=O)c1cc2cc(NC(=O)c3ccc(OCCOCCOCCOCCO)cc3)cnc2[nH]1. The number of Topliss-reactive ketones (excluding diaryl/α,β-unsaturated/α-hetero) is 1. The number of aliphatic hydroxyl groups excluding tert-OH is 1. The van der Waals surface area contributed by atoms with Crippen LogP contribution in [-0.4, -0.2) is 79.6 Å². The molecule has 1 amide bonds. The lowest BCUT2D eigenvalue weighted by Gasteiger charge is -2.14. The van der Waals surface area contributed by atoms with Crippen LogP contribution in [-0.2, 0) is 14.2 Å². The molecule has 0 atom stereocenters. The van der Waals surface area contributed by atoms with E-state index in [0.29, 0.717) is 74.6 Å². The number of carbonyl (C=O) groups excluding carboxylic acids is 2. The van der Waals surface area contributed by atoms with E-state index in [2.05, 4.69) is 15.3 Å². The van der Waals surface area contributed by atoms with Crippen LogP contribution in [0.5, 0.6) is 5.75 Å². The summed E-state index contributed by atoms with van der Waals surface area (Å²) in [5.74, 6) is 0.346. The zero-order chi connectivity index (χ0) is 26.7. The van der Waals surface area contributed by atoms with Gasteiger partial charge in [0, 0.05) is 16.4 Å². The minimum Gasteiger partial charge on any atom is -0.491 e. The number of rotatable bonds is 15. The Bertz CT molecular complexity index is 1150. The van der Waals surface area contributed by atoms with Crippen LogP contribution in [0.1, 0.15) is 41.6 Å². The molecular weight excluding hydrogens is 478 g/mol. The van der Waals surface area contributed by atoms with Gasteiger partial charge in [-0.3, -0.25) is 9.59 Å². The van der Waals surface area contributed by atoms with Gasteiger partial charge in [-0.05, 0) is 36.4 Å². The Morgan fingerprint density at radius 1 is 0.919 bits per heavy atom. The predicted octanol–water partition coefficient (Wildman–Crippen LogP) is 3.46. The smallest absolute Gasteiger partial charge is 0.255 e. The van der Waals surface area contributed by atoms with Crippen LogP contribution in [0.4, 0.5) is 5.69 Å². The molecule has 3 N–H and O–H groups in total. The number of aromatic nitrogens is 2. The van der Waals surface area contributed by atoms with Crippen molar-refractivity contribution < 1.29 is 33.6 Å². The number of amides is 1. The average molecular weight is 514 g/mol. The van der Waals surface area contributed by atoms with Gasteiger partial charge < -0.3 is 34.4 Å². The number of H-pyrrole nitrogens is 1. The highest BCUT2D eigenvalue weighted by Gasteiger charge is 2.24. The minimum atomic E-state index is -0.507. The first-order chi connectivity index (χ1) is 17.8. The fraction of sp³-hybridized carbons (Fsp3) is 0.444. The van der Waals surface area contributed by atoms with Crippen molar-refractivity contribution in [2.75, 3.05) is 58.2 Å². The molecule has 0 unspecified atom stereocenters. The average Bonchev–Trinajstić information content (AvgIpc) is 3.30. The highest BCUT2D eigenvalue weighted by molar-refractivity contribution is 6.05. The van der Waals surface area contributed by atoms with E-state index in [1.807, 2.05) is 20.8 Å². The number of hydrogen-bond acceptors (Lipinski definition) is 8. The second-order valence-electron chi connectivity index (χ2n) is 9.31. The van der Waals surface area contributed by atoms with Gasteiger partial charge >= 0.3 is 0 Å². The lowest BCUT2D eigenvalue weighted by atomic mass is 9.89. The number of carbonyl (C=O) groups is 2. The zero-order valence-corrected chi connectivity index (χ0v) is 21.5. The van der Waals surface area contributed by atoms with Crippen LogP contribution in [0.3, 0.4) is 0 Å². The molecule has 10 heteroatoms. The Hall–Kier alpha value is -3.31. The van der Waals surface area contributed by atoms with Crippen molar-refractivity contribution in [1.82, 2.24) is 9.97 Å². The molecule has 1 aromatic carbocycles. The molecule has 0 radical (unpaired) electrons. The molecule has 0 aliphatic heterocycles. The zero-order valence-electron chi connectivity index (χ0n) is 21.5. The van der Waals surface area contributed by atoms with Gasteiger partial charge in [-0.1, -0.05) is 20.8 Å². The summed E-state index contributed by atoms with van der Waals surface area (Å²) in [6.07, 6.45) is 1.55. The monoisotopic (exact) mass is 513 g/mol. The van der Waals surface area contributed by atoms with Gasteiger partial charge in [-0.15, -0.1) is 0 Å². The van der Waals surface area contributed by atoms with Crippen LogP contribution in [0.2, 0.25) is 0 Å². The largest absolute Gasteiger partial charge is 0.491 e. The summed E-state index contributed by atoms with van der Waals surface area (Å²) < 4.78 is 21.5. The van der Waals surface area contributed by atoms with Crippen LogP contribution in [0.25, 0.3) is 11.0 Å². The van der Waals surface area contributed by atoms with Gasteiger partial charge in [0.05, 0.1) is 63.8 Å². The first-order valence-electron chi connectivity index (χ1n) is 12.2. The Balaban J connectivity index is 1.40. The van der Waals surface area contributed by atoms with E-state index in [4.69, 9.17) is 24.1 Å². The molecule has 200 valence electrons. The first-order valence-corrected chi connectivity index (χ1v) is 12.2. The summed E-state index contributed by atoms with van der Waals surface area (Å²) in [5.41, 5.74) is 1.58. The first kappa shape index (κ1) is 28.3. The third-order valence-corrected chi connectivity index (χ3v) is 5.25. The van der Waals surface area contributed by atoms with Crippen molar-refractivity contribution in [1.29, 1.82) is 0 Å². The number of anilines is 1. The third kappa shape index (κ3) is 8.94. The number of aromatic amines is 1. The summed E-state index contributed by atoms with van der Waals surface area (Å²) >= 11 is 0. The quantitative estimate of drug-likeness (QED) is 0.208. The van der Waals surface area contributed by atoms with Crippen molar-refractivity contribution in [3.63, 3.8) is 0 Å². The Labute approximate surface area is 216 Å². The molecule has 0 bridgehead atoms. The molecule has 0 fully saturated rings. The number of hydrogen-bond donors (Lipinski definition) is 3. The predicted molar refractivity (Wildman–Crippen MR) is 139 cm³/mol. The molecular formula is C27H35N3O7. The maximum Gasteiger partial charge on any atom is 0.255 e. The summed E-state index contributed by atoms with van der Waals surface area (Å²) in [7, 11) is 0. The standard InChI is InChI=1S/C27H35N3O7/c1-27(2,3)24(32)23-17-20-16-21(18-28-25(20)30-23)29-26(33)19-4-6-22(7-5-19)37-15-14-36-13-12-35-11-10-34-9-8-31/h4-7,16-18,31H,8-15H2,1-3H3,(H,28,30)(H,29,33). The number of ketones is 1. The molecule has 2 heterocycles. The Morgan fingerprint density at radius 3 is 2.16 bits per heavy atom. The van der Waals surface area contributed by atoms with Gasteiger partial charge in [-0.25, -0.2) is 4.98 Å². The van der Waals surface area contributed by atoms with Gasteiger partial charge in [0.1, 0.15) is 18.0 Å². The normalized spacial score (nSPS) is 11.6. The lowest BCUT2D eigenvalue weighted by molar-refractivity contribution is 0.00361. The Kier molecular flexibility index (Phi) is 10.6. The second kappa shape index (κ2) is 13.8. The number of benzene rings is 1. The number of nitrogens with one attached hydrogen (secondary N) is 2. The molecule has 2 aromatic heterocycles. The van der Waals surface area contributed by atoms with Crippen LogP contribution in [0, 0.1) is 5.41 Å². The van der Waals surface area contributed by atoms with E-state index in [1.54, 1.807) is 42.6 Å². The highest BCUT2D eigenvalue weighted by atomic mass is 16.6. The topological polar surface area (TPSA) is 132 Å². The van der Waals surface area contributed by atoms with E-state index < -0.39 is 5.41 Å². The number of ether oxygens (including phenoxy) is 4. The number of nitrogens with zero attached hydrogens (tertiary/aromatic N) is 1. The second-order valence-corrected chi connectivity index (χ2v) is 9.31. The molecule has 10 nitrogen and oxygen atoms in total. The maximum absolute atomic E-state index is 12.7. The van der Waals surface area contributed by atoms with Crippen LogP contribution < -0.4 is 10.1 Å². The minimum absolute atomic E-state index is 0.00392. The van der Waals surface area contributed by atoms with E-state index in [1.165, 1.54) is 0 Å². The van der Waals surface area contributed by atoms with E-state index in [0.717, 1.165) is 5.39 Å². The maximum atomic E-state index is 12.7. The summed E-state index contributed by atoms with van der Waals surface area (Å²) in [4.78, 5) is 32.6. The van der Waals surface area contributed by atoms with Crippen LogP contribution >= 0.6 is 0 Å². The highest BCUT2D eigenvalue weighted by Crippen LogP contribution is 2.24. The van der Waals surface area contributed by atoms with E-state index >= 15 is 0 Å².